The smallest absolute Gasteiger partial charge is 0.267 e. The molecular formula is C13H8F3N3OS. The second kappa shape index (κ2) is 4.66. The molecule has 0 spiro atoms. The van der Waals surface area contributed by atoms with Crippen molar-refractivity contribution in [3.63, 3.8) is 0 Å². The predicted molar refractivity (Wildman–Crippen MR) is 71.3 cm³/mol. The average molecular weight is 311 g/mol. The number of fused-ring (bicyclic) bond motifs is 1. The average Bonchev–Trinajstić information content (AvgIpc) is 3.00. The number of aromatic nitrogens is 3. The van der Waals surface area contributed by atoms with E-state index in [0.717, 1.165) is 5.51 Å². The molecule has 0 amide bonds. The lowest BCUT2D eigenvalue weighted by Crippen LogP contribution is -2.18. The lowest BCUT2D eigenvalue weighted by atomic mass is 10.3. The standard InChI is InChI=1S/C13H8F3N3OS/c1-7-18-8-4-2-3-5-9(8)19(7)12(20)10-11(13(14,15)16)17-6-21-10/h2-6H,1H3. The molecule has 0 bridgehead atoms. The number of nitrogens with zero attached hydrogens (tertiary/aromatic N) is 3. The molecule has 0 aliphatic carbocycles. The van der Waals surface area contributed by atoms with Crippen molar-refractivity contribution >= 4 is 28.3 Å². The van der Waals surface area contributed by atoms with Crippen molar-refractivity contribution in [2.75, 3.05) is 0 Å². The van der Waals surface area contributed by atoms with Gasteiger partial charge in [0.05, 0.1) is 16.5 Å². The third kappa shape index (κ3) is 2.21. The quantitative estimate of drug-likeness (QED) is 0.691. The van der Waals surface area contributed by atoms with Crippen molar-refractivity contribution in [1.29, 1.82) is 0 Å². The maximum absolute atomic E-state index is 12.9. The van der Waals surface area contributed by atoms with Crippen LogP contribution in [0.1, 0.15) is 21.2 Å². The molecule has 0 aliphatic rings. The van der Waals surface area contributed by atoms with Crippen molar-refractivity contribution in [3.8, 4) is 0 Å². The van der Waals surface area contributed by atoms with E-state index in [1.54, 1.807) is 31.2 Å². The number of hydrogen-bond acceptors (Lipinski definition) is 4. The van der Waals surface area contributed by atoms with Crippen LogP contribution in [0.15, 0.2) is 29.8 Å². The zero-order valence-electron chi connectivity index (χ0n) is 10.7. The van der Waals surface area contributed by atoms with Gasteiger partial charge in [0.25, 0.3) is 5.91 Å². The fourth-order valence-electron chi connectivity index (χ4n) is 2.10. The highest BCUT2D eigenvalue weighted by atomic mass is 32.1. The number of carbonyl (C=O) groups is 1. The molecule has 0 saturated heterocycles. The van der Waals surface area contributed by atoms with Gasteiger partial charge in [-0.2, -0.15) is 13.2 Å². The highest BCUT2D eigenvalue weighted by Crippen LogP contribution is 2.33. The first-order valence-corrected chi connectivity index (χ1v) is 6.77. The van der Waals surface area contributed by atoms with E-state index in [2.05, 4.69) is 9.97 Å². The predicted octanol–water partition coefficient (Wildman–Crippen LogP) is 3.51. The Hall–Kier alpha value is -2.22. The molecule has 4 nitrogen and oxygen atoms in total. The Morgan fingerprint density at radius 3 is 2.71 bits per heavy atom. The van der Waals surface area contributed by atoms with Crippen LogP contribution in [0, 0.1) is 6.92 Å². The van der Waals surface area contributed by atoms with Crippen LogP contribution in [0.2, 0.25) is 0 Å². The first kappa shape index (κ1) is 13.7. The summed E-state index contributed by atoms with van der Waals surface area (Å²) in [5.74, 6) is -0.432. The monoisotopic (exact) mass is 311 g/mol. The van der Waals surface area contributed by atoms with Crippen molar-refractivity contribution in [2.45, 2.75) is 13.1 Å². The molecule has 108 valence electrons. The summed E-state index contributed by atoms with van der Waals surface area (Å²) in [6.45, 7) is 1.58. The van der Waals surface area contributed by atoms with E-state index in [4.69, 9.17) is 0 Å². The Morgan fingerprint density at radius 2 is 2.00 bits per heavy atom. The molecule has 0 aliphatic heterocycles. The van der Waals surface area contributed by atoms with Crippen LogP contribution in [-0.4, -0.2) is 20.4 Å². The number of carbonyl (C=O) groups excluding carboxylic acids is 1. The summed E-state index contributed by atoms with van der Waals surface area (Å²) in [5.41, 5.74) is 0.891. The van der Waals surface area contributed by atoms with E-state index in [1.165, 1.54) is 4.57 Å². The fraction of sp³-hybridized carbons (Fsp3) is 0.154. The summed E-state index contributed by atoms with van der Waals surface area (Å²) in [6.07, 6.45) is -4.66. The minimum absolute atomic E-state index is 0.336. The van der Waals surface area contributed by atoms with Gasteiger partial charge in [0, 0.05) is 0 Å². The highest BCUT2D eigenvalue weighted by Gasteiger charge is 2.39. The zero-order valence-corrected chi connectivity index (χ0v) is 11.5. The first-order chi connectivity index (χ1) is 9.89. The van der Waals surface area contributed by atoms with Gasteiger partial charge in [0.1, 0.15) is 10.7 Å². The number of aryl methyl sites for hydroxylation is 1. The number of imidazole rings is 1. The molecule has 0 radical (unpaired) electrons. The summed E-state index contributed by atoms with van der Waals surface area (Å²) >= 11 is 0.671. The number of hydrogen-bond donors (Lipinski definition) is 0. The SMILES string of the molecule is Cc1nc2ccccc2n1C(=O)c1scnc1C(F)(F)F. The second-order valence-corrected chi connectivity index (χ2v) is 5.17. The van der Waals surface area contributed by atoms with E-state index in [0.29, 0.717) is 28.2 Å². The fourth-order valence-corrected chi connectivity index (χ4v) is 2.84. The van der Waals surface area contributed by atoms with Crippen LogP contribution in [0.3, 0.4) is 0 Å². The highest BCUT2D eigenvalue weighted by molar-refractivity contribution is 7.12. The largest absolute Gasteiger partial charge is 0.434 e. The maximum atomic E-state index is 12.9. The molecule has 8 heteroatoms. The van der Waals surface area contributed by atoms with Gasteiger partial charge in [-0.1, -0.05) is 12.1 Å². The van der Waals surface area contributed by atoms with Gasteiger partial charge in [-0.3, -0.25) is 9.36 Å². The molecule has 21 heavy (non-hydrogen) atoms. The molecule has 2 aromatic heterocycles. The number of rotatable bonds is 1. The molecule has 2 heterocycles. The maximum Gasteiger partial charge on any atom is 0.434 e. The minimum Gasteiger partial charge on any atom is -0.267 e. The Bertz CT molecular complexity index is 835. The summed E-state index contributed by atoms with van der Waals surface area (Å²) < 4.78 is 39.8. The normalized spacial score (nSPS) is 12.0. The van der Waals surface area contributed by atoms with Gasteiger partial charge in [-0.05, 0) is 19.1 Å². The van der Waals surface area contributed by atoms with Crippen molar-refractivity contribution in [1.82, 2.24) is 14.5 Å². The van der Waals surface area contributed by atoms with Crippen LogP contribution in [0.5, 0.6) is 0 Å². The number of halogens is 3. The molecule has 0 N–H and O–H groups in total. The molecule has 1 aromatic carbocycles. The second-order valence-electron chi connectivity index (χ2n) is 4.32. The Kier molecular flexibility index (Phi) is 3.05. The van der Waals surface area contributed by atoms with E-state index < -0.39 is 22.7 Å². The lowest BCUT2D eigenvalue weighted by molar-refractivity contribution is -0.141. The summed E-state index contributed by atoms with van der Waals surface area (Å²) in [7, 11) is 0. The molecule has 0 fully saturated rings. The van der Waals surface area contributed by atoms with Crippen LogP contribution < -0.4 is 0 Å². The van der Waals surface area contributed by atoms with Gasteiger partial charge in [0.15, 0.2) is 5.69 Å². The molecule has 0 unspecified atom stereocenters. The molecule has 0 atom stereocenters. The Balaban J connectivity index is 2.18. The summed E-state index contributed by atoms with van der Waals surface area (Å²) in [6, 6.07) is 6.78. The minimum atomic E-state index is -4.66. The van der Waals surface area contributed by atoms with Gasteiger partial charge in [0.2, 0.25) is 0 Å². The molecule has 0 saturated carbocycles. The number of para-hydroxylation sites is 2. The van der Waals surface area contributed by atoms with Gasteiger partial charge >= 0.3 is 6.18 Å². The van der Waals surface area contributed by atoms with E-state index >= 15 is 0 Å². The lowest BCUT2D eigenvalue weighted by Gasteiger charge is -2.07. The van der Waals surface area contributed by atoms with E-state index in [9.17, 15) is 18.0 Å². The van der Waals surface area contributed by atoms with E-state index in [1.807, 2.05) is 0 Å². The van der Waals surface area contributed by atoms with Crippen molar-refractivity contribution in [2.24, 2.45) is 0 Å². The van der Waals surface area contributed by atoms with Gasteiger partial charge < -0.3 is 0 Å². The number of benzene rings is 1. The molecular weight excluding hydrogens is 303 g/mol. The van der Waals surface area contributed by atoms with Gasteiger partial charge in [-0.15, -0.1) is 11.3 Å². The Labute approximate surface area is 120 Å². The molecule has 3 aromatic rings. The van der Waals surface area contributed by atoms with E-state index in [-0.39, 0.29) is 0 Å². The van der Waals surface area contributed by atoms with Crippen LogP contribution in [-0.2, 0) is 6.18 Å². The number of alkyl halides is 3. The third-order valence-corrected chi connectivity index (χ3v) is 3.78. The topological polar surface area (TPSA) is 47.8 Å². The van der Waals surface area contributed by atoms with Crippen molar-refractivity contribution < 1.29 is 18.0 Å². The van der Waals surface area contributed by atoms with Crippen LogP contribution in [0.25, 0.3) is 11.0 Å². The molecule has 3 rings (SSSR count). The summed E-state index contributed by atoms with van der Waals surface area (Å²) in [5, 5.41) is 0. The Morgan fingerprint density at radius 1 is 1.29 bits per heavy atom. The van der Waals surface area contributed by atoms with Gasteiger partial charge in [-0.25, -0.2) is 9.97 Å². The third-order valence-electron chi connectivity index (χ3n) is 2.96. The van der Waals surface area contributed by atoms with Crippen LogP contribution in [0.4, 0.5) is 13.2 Å². The van der Waals surface area contributed by atoms with Crippen molar-refractivity contribution in [3.05, 3.63) is 46.2 Å². The van der Waals surface area contributed by atoms with Crippen LogP contribution >= 0.6 is 11.3 Å². The first-order valence-electron chi connectivity index (χ1n) is 5.89. The zero-order chi connectivity index (χ0) is 15.2. The number of thiazole rings is 1. The summed E-state index contributed by atoms with van der Waals surface area (Å²) in [4.78, 5) is 19.5.